The monoisotopic (exact) mass is 927 g/mol. The van der Waals surface area contributed by atoms with Crippen molar-refractivity contribution in [3.05, 3.63) is 36.5 Å². The topological polar surface area (TPSA) is 78.9 Å². The first-order valence-electron chi connectivity index (χ1n) is 29.0. The third-order valence-electron chi connectivity index (χ3n) is 12.9. The van der Waals surface area contributed by atoms with Gasteiger partial charge in [-0.1, -0.05) is 250 Å². The lowest BCUT2D eigenvalue weighted by molar-refractivity contribution is -0.167. The highest BCUT2D eigenvalue weighted by Gasteiger charge is 2.19. The quantitative estimate of drug-likeness (QED) is 0.0262. The molecule has 0 saturated carbocycles. The largest absolute Gasteiger partial charge is 0.462 e. The Bertz CT molecular complexity index is 1110. The van der Waals surface area contributed by atoms with Crippen LogP contribution in [-0.2, 0) is 28.6 Å². The first kappa shape index (κ1) is 63.6. The second kappa shape index (κ2) is 55.2. The molecule has 0 radical (unpaired) electrons. The van der Waals surface area contributed by atoms with Crippen molar-refractivity contribution in [1.29, 1.82) is 0 Å². The number of unbranched alkanes of at least 4 members (excludes halogenated alkanes) is 36. The van der Waals surface area contributed by atoms with E-state index in [-0.39, 0.29) is 31.1 Å². The van der Waals surface area contributed by atoms with Gasteiger partial charge >= 0.3 is 17.9 Å². The maximum Gasteiger partial charge on any atom is 0.306 e. The van der Waals surface area contributed by atoms with Crippen LogP contribution in [0.1, 0.15) is 310 Å². The number of hydrogen-bond donors (Lipinski definition) is 0. The lowest BCUT2D eigenvalue weighted by atomic mass is 10.0. The van der Waals surface area contributed by atoms with E-state index < -0.39 is 6.10 Å². The average Bonchev–Trinajstić information content (AvgIpc) is 3.31. The molecule has 0 aliphatic carbocycles. The van der Waals surface area contributed by atoms with Crippen molar-refractivity contribution in [3.63, 3.8) is 0 Å². The van der Waals surface area contributed by atoms with Crippen LogP contribution in [0.25, 0.3) is 0 Å². The molecule has 1 unspecified atom stereocenters. The summed E-state index contributed by atoms with van der Waals surface area (Å²) in [7, 11) is 0. The number of allylic oxidation sites excluding steroid dienone is 6. The molecule has 6 nitrogen and oxygen atoms in total. The Balaban J connectivity index is 4.34. The first-order chi connectivity index (χ1) is 32.5. The molecule has 386 valence electrons. The summed E-state index contributed by atoms with van der Waals surface area (Å²) >= 11 is 0. The standard InChI is InChI=1S/C60H110O6/c1-4-7-10-13-16-19-22-25-28-29-30-31-33-35-38-41-44-47-50-53-59(62)65-56-57(55-64-58(61)52-49-46-43-40-37-34-27-24-21-18-15-12-9-6-3)66-60(63)54-51-48-45-42-39-36-32-26-23-20-17-14-11-8-5-2/h17,20,24,26-27,32,57H,4-16,18-19,21-23,25,28-31,33-56H2,1-3H3/b20-17-,27-24-,32-26-. The van der Waals surface area contributed by atoms with Crippen LogP contribution in [0.3, 0.4) is 0 Å². The lowest BCUT2D eigenvalue weighted by Gasteiger charge is -2.18. The minimum atomic E-state index is -0.780. The second-order valence-electron chi connectivity index (χ2n) is 19.6. The summed E-state index contributed by atoms with van der Waals surface area (Å²) in [5.74, 6) is -0.883. The molecule has 0 fully saturated rings. The highest BCUT2D eigenvalue weighted by Crippen LogP contribution is 2.16. The van der Waals surface area contributed by atoms with Crippen LogP contribution in [0.2, 0.25) is 0 Å². The van der Waals surface area contributed by atoms with Crippen molar-refractivity contribution in [2.75, 3.05) is 13.2 Å². The van der Waals surface area contributed by atoms with Crippen molar-refractivity contribution >= 4 is 17.9 Å². The van der Waals surface area contributed by atoms with Crippen LogP contribution in [0.4, 0.5) is 0 Å². The van der Waals surface area contributed by atoms with E-state index in [2.05, 4.69) is 57.2 Å². The molecule has 0 heterocycles. The molecule has 0 aromatic rings. The Labute approximate surface area is 410 Å². The molecule has 0 amide bonds. The summed E-state index contributed by atoms with van der Waals surface area (Å²) in [6.45, 7) is 6.63. The zero-order valence-corrected chi connectivity index (χ0v) is 44.2. The molecule has 0 aliphatic rings. The molecule has 0 spiro atoms. The van der Waals surface area contributed by atoms with E-state index in [1.54, 1.807) is 0 Å². The van der Waals surface area contributed by atoms with Gasteiger partial charge in [0.1, 0.15) is 13.2 Å². The van der Waals surface area contributed by atoms with E-state index in [1.165, 1.54) is 180 Å². The van der Waals surface area contributed by atoms with Crippen LogP contribution < -0.4 is 0 Å². The van der Waals surface area contributed by atoms with Gasteiger partial charge in [-0.05, 0) is 77.0 Å². The summed E-state index contributed by atoms with van der Waals surface area (Å²) in [5.41, 5.74) is 0. The van der Waals surface area contributed by atoms with Crippen molar-refractivity contribution in [1.82, 2.24) is 0 Å². The third-order valence-corrected chi connectivity index (χ3v) is 12.9. The summed E-state index contributed by atoms with van der Waals surface area (Å²) in [4.78, 5) is 38.1. The van der Waals surface area contributed by atoms with E-state index in [4.69, 9.17) is 14.2 Å². The molecule has 0 bridgehead atoms. The van der Waals surface area contributed by atoms with Gasteiger partial charge in [0.25, 0.3) is 0 Å². The SMILES string of the molecule is CCCCC/C=C\C/C=C\CCCCCCCC(=O)OC(COC(=O)CCCCCCC/C=C\CCCCCCC)COC(=O)CCCCCCCCCCCCCCCCCCCCC. The molecular formula is C60H110O6. The first-order valence-corrected chi connectivity index (χ1v) is 29.0. The van der Waals surface area contributed by atoms with Gasteiger partial charge in [-0.25, -0.2) is 0 Å². The summed E-state index contributed by atoms with van der Waals surface area (Å²) in [5, 5.41) is 0. The van der Waals surface area contributed by atoms with Crippen LogP contribution in [0, 0.1) is 0 Å². The molecule has 6 heteroatoms. The van der Waals surface area contributed by atoms with E-state index in [9.17, 15) is 14.4 Å². The molecule has 66 heavy (non-hydrogen) atoms. The highest BCUT2D eigenvalue weighted by atomic mass is 16.6. The van der Waals surface area contributed by atoms with Gasteiger partial charge in [0.05, 0.1) is 0 Å². The maximum absolute atomic E-state index is 12.8. The second-order valence-corrected chi connectivity index (χ2v) is 19.6. The number of esters is 3. The molecule has 0 aromatic carbocycles. The van der Waals surface area contributed by atoms with Gasteiger partial charge in [0.15, 0.2) is 6.10 Å². The Morgan fingerprint density at radius 1 is 0.303 bits per heavy atom. The van der Waals surface area contributed by atoms with E-state index in [1.807, 2.05) is 0 Å². The number of carbonyl (C=O) groups is 3. The number of ether oxygens (including phenoxy) is 3. The fourth-order valence-electron chi connectivity index (χ4n) is 8.47. The van der Waals surface area contributed by atoms with E-state index >= 15 is 0 Å². The zero-order valence-electron chi connectivity index (χ0n) is 44.2. The molecule has 0 aliphatic heterocycles. The minimum Gasteiger partial charge on any atom is -0.462 e. The van der Waals surface area contributed by atoms with Gasteiger partial charge in [-0.3, -0.25) is 14.4 Å². The lowest BCUT2D eigenvalue weighted by Crippen LogP contribution is -2.30. The Morgan fingerprint density at radius 2 is 0.545 bits per heavy atom. The molecule has 0 aromatic heterocycles. The molecule has 0 rings (SSSR count). The van der Waals surface area contributed by atoms with Crippen LogP contribution in [-0.4, -0.2) is 37.2 Å². The maximum atomic E-state index is 12.8. The van der Waals surface area contributed by atoms with Gasteiger partial charge < -0.3 is 14.2 Å². The Morgan fingerprint density at radius 3 is 0.879 bits per heavy atom. The summed E-state index contributed by atoms with van der Waals surface area (Å²) in [6, 6.07) is 0. The fourth-order valence-corrected chi connectivity index (χ4v) is 8.47. The van der Waals surface area contributed by atoms with Crippen molar-refractivity contribution in [2.45, 2.75) is 316 Å². The summed E-state index contributed by atoms with van der Waals surface area (Å²) in [6.07, 6.45) is 65.6. The third kappa shape index (κ3) is 52.6. The minimum absolute atomic E-state index is 0.0769. The van der Waals surface area contributed by atoms with Crippen molar-refractivity contribution in [3.8, 4) is 0 Å². The molecular weight excluding hydrogens is 817 g/mol. The molecule has 0 saturated heterocycles. The Hall–Kier alpha value is -2.37. The van der Waals surface area contributed by atoms with Crippen molar-refractivity contribution < 1.29 is 28.6 Å². The Kier molecular flexibility index (Phi) is 53.2. The normalized spacial score (nSPS) is 12.2. The average molecular weight is 928 g/mol. The predicted octanol–water partition coefficient (Wildman–Crippen LogP) is 19.3. The van der Waals surface area contributed by atoms with Crippen LogP contribution >= 0.6 is 0 Å². The van der Waals surface area contributed by atoms with Gasteiger partial charge in [0, 0.05) is 19.3 Å². The van der Waals surface area contributed by atoms with Crippen LogP contribution in [0.5, 0.6) is 0 Å². The number of carbonyl (C=O) groups excluding carboxylic acids is 3. The smallest absolute Gasteiger partial charge is 0.306 e. The zero-order chi connectivity index (χ0) is 47.9. The predicted molar refractivity (Wildman–Crippen MR) is 284 cm³/mol. The van der Waals surface area contributed by atoms with Gasteiger partial charge in [-0.2, -0.15) is 0 Å². The molecule has 1 atom stereocenters. The number of hydrogen-bond acceptors (Lipinski definition) is 6. The van der Waals surface area contributed by atoms with Crippen molar-refractivity contribution in [2.24, 2.45) is 0 Å². The molecule has 0 N–H and O–H groups in total. The number of rotatable bonds is 53. The van der Waals surface area contributed by atoms with Gasteiger partial charge in [0.2, 0.25) is 0 Å². The van der Waals surface area contributed by atoms with E-state index in [0.29, 0.717) is 19.3 Å². The van der Waals surface area contributed by atoms with E-state index in [0.717, 1.165) is 89.9 Å². The van der Waals surface area contributed by atoms with Crippen LogP contribution in [0.15, 0.2) is 36.5 Å². The fraction of sp³-hybridized carbons (Fsp3) is 0.850. The van der Waals surface area contributed by atoms with Gasteiger partial charge in [-0.15, -0.1) is 0 Å². The summed E-state index contributed by atoms with van der Waals surface area (Å²) < 4.78 is 16.9. The highest BCUT2D eigenvalue weighted by molar-refractivity contribution is 5.71.